The Labute approximate surface area is 203 Å². The average Bonchev–Trinajstić information content (AvgIpc) is 2.86. The number of aryl methyl sites for hydroxylation is 2. The van der Waals surface area contributed by atoms with Crippen molar-refractivity contribution in [1.82, 2.24) is 10.6 Å². The maximum atomic E-state index is 12.7. The number of unbranched alkanes of at least 4 members (excludes halogenated alkanes) is 2. The number of hydrogen-bond acceptors (Lipinski definition) is 6. The number of benzene rings is 1. The molecule has 10 heteroatoms. The molecule has 3 heterocycles. The normalized spacial score (nSPS) is 14.2. The Hall–Kier alpha value is -3.52. The van der Waals surface area contributed by atoms with Crippen LogP contribution < -0.4 is 21.2 Å². The van der Waals surface area contributed by atoms with E-state index in [1.54, 1.807) is 6.07 Å². The molecule has 35 heavy (non-hydrogen) atoms. The van der Waals surface area contributed by atoms with Crippen LogP contribution in [0.1, 0.15) is 66.4 Å². The fourth-order valence-corrected chi connectivity index (χ4v) is 5.00. The largest absolute Gasteiger partial charge is 0.422 e. The first-order valence-corrected chi connectivity index (χ1v) is 12.5. The predicted octanol–water partition coefficient (Wildman–Crippen LogP) is 3.60. The smallest absolute Gasteiger partial charge is 0.349 e. The van der Waals surface area contributed by atoms with Crippen LogP contribution in [0.5, 0.6) is 0 Å². The zero-order valence-corrected chi connectivity index (χ0v) is 20.0. The summed E-state index contributed by atoms with van der Waals surface area (Å²) in [5, 5.41) is 9.83. The zero-order valence-electron chi connectivity index (χ0n) is 20.0. The molecule has 0 unspecified atom stereocenters. The Kier molecular flexibility index (Phi) is 8.26. The summed E-state index contributed by atoms with van der Waals surface area (Å²) in [4.78, 5) is 42.2. The van der Waals surface area contributed by atoms with Gasteiger partial charge >= 0.3 is 5.63 Å². The van der Waals surface area contributed by atoms with E-state index in [-0.39, 0.29) is 11.5 Å². The van der Waals surface area contributed by atoms with Crippen LogP contribution >= 0.6 is 0 Å². The maximum Gasteiger partial charge on any atom is 0.349 e. The van der Waals surface area contributed by atoms with E-state index in [0.29, 0.717) is 50.9 Å². The monoisotopic (exact) mass is 480 g/mol. The number of hydrogen-bond donors (Lipinski definition) is 2. The quantitative estimate of drug-likeness (QED) is 0.166. The molecule has 0 saturated carbocycles. The van der Waals surface area contributed by atoms with Crippen LogP contribution in [0.3, 0.4) is 0 Å². The van der Waals surface area contributed by atoms with E-state index in [2.05, 4.69) is 31.6 Å². The highest BCUT2D eigenvalue weighted by atomic mass is 16.4. The number of nitrogens with zero attached hydrogens (tertiary/aromatic N) is 4. The molecule has 2 aliphatic rings. The van der Waals surface area contributed by atoms with Crippen LogP contribution in [0.2, 0.25) is 0 Å². The standard InChI is InChI=1S/C25H32N6O4/c26-30-29-12-6-11-27-21(32)9-2-1-3-10-28-24(33)20-16-18-15-17-7-4-13-31-14-5-8-19(22(17)31)23(18)35-25(20)34/h15-16H,1-14H2,(H,27,32)(H,28,33). The zero-order chi connectivity index (χ0) is 24.6. The lowest BCUT2D eigenvalue weighted by Gasteiger charge is -2.37. The summed E-state index contributed by atoms with van der Waals surface area (Å²) >= 11 is 0. The average molecular weight is 481 g/mol. The Balaban J connectivity index is 1.28. The van der Waals surface area contributed by atoms with Gasteiger partial charge in [0.05, 0.1) is 0 Å². The van der Waals surface area contributed by atoms with Crippen LogP contribution in [0.4, 0.5) is 5.69 Å². The van der Waals surface area contributed by atoms with Crippen LogP contribution in [0, 0.1) is 0 Å². The van der Waals surface area contributed by atoms with Crippen molar-refractivity contribution in [2.45, 2.75) is 57.8 Å². The molecule has 1 aromatic carbocycles. The Morgan fingerprint density at radius 1 is 1.06 bits per heavy atom. The highest BCUT2D eigenvalue weighted by molar-refractivity contribution is 5.98. The van der Waals surface area contributed by atoms with Crippen molar-refractivity contribution in [2.75, 3.05) is 37.6 Å². The molecule has 0 fully saturated rings. The second-order valence-electron chi connectivity index (χ2n) is 9.15. The summed E-state index contributed by atoms with van der Waals surface area (Å²) in [6, 6.07) is 3.75. The third-order valence-electron chi connectivity index (χ3n) is 6.65. The highest BCUT2D eigenvalue weighted by Crippen LogP contribution is 2.39. The number of azide groups is 1. The maximum absolute atomic E-state index is 12.7. The van der Waals surface area contributed by atoms with Gasteiger partial charge in [0.15, 0.2) is 0 Å². The van der Waals surface area contributed by atoms with E-state index >= 15 is 0 Å². The van der Waals surface area contributed by atoms with Crippen molar-refractivity contribution >= 4 is 28.5 Å². The number of rotatable bonds is 11. The summed E-state index contributed by atoms with van der Waals surface area (Å²) in [5.41, 5.74) is 11.9. The van der Waals surface area contributed by atoms with Gasteiger partial charge in [0.1, 0.15) is 11.1 Å². The summed E-state index contributed by atoms with van der Waals surface area (Å²) < 4.78 is 5.70. The van der Waals surface area contributed by atoms with Crippen LogP contribution in [0.25, 0.3) is 21.4 Å². The van der Waals surface area contributed by atoms with Gasteiger partial charge in [-0.05, 0) is 68.2 Å². The molecule has 0 radical (unpaired) electrons. The van der Waals surface area contributed by atoms with E-state index in [0.717, 1.165) is 56.1 Å². The van der Waals surface area contributed by atoms with Crippen molar-refractivity contribution < 1.29 is 14.0 Å². The van der Waals surface area contributed by atoms with Crippen LogP contribution in [-0.4, -0.2) is 44.5 Å². The molecule has 1 aromatic heterocycles. The first kappa shape index (κ1) is 24.6. The molecule has 2 N–H and O–H groups in total. The number of anilines is 1. The van der Waals surface area contributed by atoms with E-state index in [1.165, 1.54) is 11.3 Å². The highest BCUT2D eigenvalue weighted by Gasteiger charge is 2.27. The molecule has 0 bridgehead atoms. The lowest BCUT2D eigenvalue weighted by molar-refractivity contribution is -0.121. The molecule has 0 saturated heterocycles. The number of amides is 2. The fraction of sp³-hybridized carbons (Fsp3) is 0.560. The van der Waals surface area contributed by atoms with E-state index in [1.807, 2.05) is 0 Å². The van der Waals surface area contributed by atoms with Gasteiger partial charge in [0.25, 0.3) is 5.91 Å². The number of fused-ring (bicyclic) bond motifs is 2. The van der Waals surface area contributed by atoms with Crippen molar-refractivity contribution in [1.29, 1.82) is 0 Å². The molecule has 0 aliphatic carbocycles. The van der Waals surface area contributed by atoms with Gasteiger partial charge in [-0.25, -0.2) is 4.79 Å². The van der Waals surface area contributed by atoms with Gasteiger partial charge in [-0.3, -0.25) is 9.59 Å². The first-order chi connectivity index (χ1) is 17.1. The summed E-state index contributed by atoms with van der Waals surface area (Å²) in [5.74, 6) is -0.459. The lowest BCUT2D eigenvalue weighted by Crippen LogP contribution is -2.34. The summed E-state index contributed by atoms with van der Waals surface area (Å²) in [6.07, 6.45) is 7.27. The Morgan fingerprint density at radius 3 is 2.69 bits per heavy atom. The summed E-state index contributed by atoms with van der Waals surface area (Å²) in [6.45, 7) is 3.37. The minimum atomic E-state index is -0.601. The third-order valence-corrected chi connectivity index (χ3v) is 6.65. The van der Waals surface area contributed by atoms with Gasteiger partial charge in [0, 0.05) is 60.7 Å². The molecule has 2 aliphatic heterocycles. The molecule has 4 rings (SSSR count). The van der Waals surface area contributed by atoms with Crippen molar-refractivity contribution in [3.8, 4) is 0 Å². The molecule has 10 nitrogen and oxygen atoms in total. The molecule has 2 amide bonds. The summed E-state index contributed by atoms with van der Waals surface area (Å²) in [7, 11) is 0. The van der Waals surface area contributed by atoms with E-state index < -0.39 is 11.5 Å². The minimum absolute atomic E-state index is 0.0342. The lowest BCUT2D eigenvalue weighted by atomic mass is 9.90. The van der Waals surface area contributed by atoms with Gasteiger partial charge in [-0.1, -0.05) is 11.5 Å². The van der Waals surface area contributed by atoms with Gasteiger partial charge in [-0.2, -0.15) is 0 Å². The molecular formula is C25H32N6O4. The van der Waals surface area contributed by atoms with Crippen molar-refractivity contribution in [2.24, 2.45) is 5.11 Å². The topological polar surface area (TPSA) is 140 Å². The van der Waals surface area contributed by atoms with Gasteiger partial charge < -0.3 is 20.0 Å². The minimum Gasteiger partial charge on any atom is -0.422 e. The second kappa shape index (κ2) is 11.8. The first-order valence-electron chi connectivity index (χ1n) is 12.5. The number of nitrogens with one attached hydrogen (secondary N) is 2. The number of carbonyl (C=O) groups is 2. The molecular weight excluding hydrogens is 448 g/mol. The van der Waals surface area contributed by atoms with Crippen LogP contribution in [-0.2, 0) is 17.6 Å². The fourth-order valence-electron chi connectivity index (χ4n) is 5.00. The molecule has 0 atom stereocenters. The van der Waals surface area contributed by atoms with E-state index in [4.69, 9.17) is 9.95 Å². The Bertz CT molecular complexity index is 1200. The van der Waals surface area contributed by atoms with Crippen LogP contribution in [0.15, 0.2) is 26.5 Å². The molecule has 186 valence electrons. The van der Waals surface area contributed by atoms with Gasteiger partial charge in [0.2, 0.25) is 5.91 Å². The second-order valence-corrected chi connectivity index (χ2v) is 9.15. The molecule has 0 spiro atoms. The Morgan fingerprint density at radius 2 is 1.86 bits per heavy atom. The van der Waals surface area contributed by atoms with E-state index in [9.17, 15) is 14.4 Å². The van der Waals surface area contributed by atoms with Crippen molar-refractivity contribution in [3.63, 3.8) is 0 Å². The predicted molar refractivity (Wildman–Crippen MR) is 134 cm³/mol. The van der Waals surface area contributed by atoms with Crippen molar-refractivity contribution in [3.05, 3.63) is 49.7 Å². The van der Waals surface area contributed by atoms with Gasteiger partial charge in [-0.15, -0.1) is 0 Å². The molecule has 2 aromatic rings. The third kappa shape index (κ3) is 5.95. The number of carbonyl (C=O) groups excluding carboxylic acids is 2. The SMILES string of the molecule is [N-]=[N+]=NCCCNC(=O)CCCCCNC(=O)c1cc2cc3c4c(c2oc1=O)CCCN4CCC3.